The maximum atomic E-state index is 10.9. The van der Waals surface area contributed by atoms with Crippen molar-refractivity contribution in [2.24, 2.45) is 0 Å². The molecule has 84 valence electrons. The molecule has 0 aliphatic rings. The molecule has 16 heavy (non-hydrogen) atoms. The van der Waals surface area contributed by atoms with E-state index in [0.717, 1.165) is 11.3 Å². The highest BCUT2D eigenvalue weighted by Crippen LogP contribution is 2.23. The fourth-order valence-electron chi connectivity index (χ4n) is 1.18. The Hall–Kier alpha value is -1.82. The Kier molecular flexibility index (Phi) is 2.66. The van der Waals surface area contributed by atoms with Crippen molar-refractivity contribution in [1.29, 1.82) is 0 Å². The molecule has 0 aliphatic heterocycles. The van der Waals surface area contributed by atoms with Crippen LogP contribution in [0.15, 0.2) is 27.4 Å². The van der Waals surface area contributed by atoms with Crippen LogP contribution in [0.25, 0.3) is 10.3 Å². The van der Waals surface area contributed by atoms with Crippen LogP contribution in [-0.4, -0.2) is 17.2 Å². The van der Waals surface area contributed by atoms with Gasteiger partial charge in [-0.2, -0.15) is 0 Å². The zero-order valence-corrected chi connectivity index (χ0v) is 9.11. The highest BCUT2D eigenvalue weighted by molar-refractivity contribution is 7.16. The van der Waals surface area contributed by atoms with Gasteiger partial charge in [-0.3, -0.25) is 0 Å². The van der Waals surface area contributed by atoms with E-state index in [-0.39, 0.29) is 0 Å². The molecule has 2 aromatic rings. The lowest BCUT2D eigenvalue weighted by Crippen LogP contribution is -2.22. The largest absolute Gasteiger partial charge is 0.479 e. The highest BCUT2D eigenvalue weighted by atomic mass is 32.1. The average Bonchev–Trinajstić information content (AvgIpc) is 2.57. The van der Waals surface area contributed by atoms with Crippen LogP contribution in [0.2, 0.25) is 0 Å². The van der Waals surface area contributed by atoms with E-state index in [4.69, 9.17) is 14.3 Å². The average molecular weight is 240 g/mol. The molecule has 0 amide bonds. The van der Waals surface area contributed by atoms with Crippen LogP contribution in [-0.2, 0) is 4.79 Å². The topological polar surface area (TPSA) is 76.7 Å². The minimum Gasteiger partial charge on any atom is -0.479 e. The first kappa shape index (κ1) is 10.7. The van der Waals surface area contributed by atoms with Crippen molar-refractivity contribution >= 4 is 27.6 Å². The van der Waals surface area contributed by atoms with Crippen molar-refractivity contribution < 1.29 is 19.1 Å². The van der Waals surface area contributed by atoms with Gasteiger partial charge >= 0.3 is 10.9 Å². The predicted octanol–water partition coefficient (Wildman–Crippen LogP) is 1.71. The number of carboxylic acids is 1. The Labute approximate surface area is 93.9 Å². The van der Waals surface area contributed by atoms with Crippen LogP contribution in [0.1, 0.15) is 6.92 Å². The lowest BCUT2D eigenvalue weighted by Gasteiger charge is -2.09. The Morgan fingerprint density at radius 3 is 3.00 bits per heavy atom. The molecule has 0 bridgehead atoms. The summed E-state index contributed by atoms with van der Waals surface area (Å²) in [4.78, 5) is 21.1. The van der Waals surface area contributed by atoms with Crippen molar-refractivity contribution in [3.8, 4) is 5.75 Å². The second-order valence-electron chi connectivity index (χ2n) is 3.16. The van der Waals surface area contributed by atoms with Crippen LogP contribution >= 0.6 is 11.3 Å². The molecule has 1 atom stereocenters. The molecule has 0 spiro atoms. The molecule has 0 aliphatic carbocycles. The van der Waals surface area contributed by atoms with Crippen molar-refractivity contribution in [3.63, 3.8) is 0 Å². The third-order valence-electron chi connectivity index (χ3n) is 1.96. The third-order valence-corrected chi connectivity index (χ3v) is 2.77. The minimum atomic E-state index is -1.05. The van der Waals surface area contributed by atoms with E-state index in [0.29, 0.717) is 16.0 Å². The summed E-state index contributed by atoms with van der Waals surface area (Å²) in [5, 5.41) is 8.66. The Balaban J connectivity index is 2.32. The van der Waals surface area contributed by atoms with Crippen molar-refractivity contribution in [3.05, 3.63) is 27.9 Å². The third kappa shape index (κ3) is 2.06. The van der Waals surface area contributed by atoms with E-state index >= 15 is 0 Å². The predicted molar refractivity (Wildman–Crippen MR) is 58.1 cm³/mol. The van der Waals surface area contributed by atoms with Gasteiger partial charge in [0.25, 0.3) is 0 Å². The van der Waals surface area contributed by atoms with E-state index in [1.54, 1.807) is 12.1 Å². The van der Waals surface area contributed by atoms with E-state index in [9.17, 15) is 9.59 Å². The monoisotopic (exact) mass is 240 g/mol. The normalized spacial score (nSPS) is 12.6. The Bertz CT molecular complexity index is 582. The maximum absolute atomic E-state index is 10.9. The summed E-state index contributed by atoms with van der Waals surface area (Å²) in [7, 11) is 0. The Morgan fingerprint density at radius 2 is 2.31 bits per heavy atom. The van der Waals surface area contributed by atoms with Gasteiger partial charge in [0.1, 0.15) is 5.75 Å². The lowest BCUT2D eigenvalue weighted by molar-refractivity contribution is -0.144. The minimum absolute atomic E-state index is 0.365. The van der Waals surface area contributed by atoms with Crippen molar-refractivity contribution in [2.45, 2.75) is 13.0 Å². The van der Waals surface area contributed by atoms with Gasteiger partial charge in [0, 0.05) is 6.07 Å². The van der Waals surface area contributed by atoms with E-state index in [1.165, 1.54) is 13.0 Å². The zero-order valence-electron chi connectivity index (χ0n) is 8.30. The van der Waals surface area contributed by atoms with Crippen molar-refractivity contribution in [1.82, 2.24) is 0 Å². The van der Waals surface area contributed by atoms with Gasteiger partial charge in [0.15, 0.2) is 11.7 Å². The summed E-state index contributed by atoms with van der Waals surface area (Å²) in [6, 6.07) is 4.77. The van der Waals surface area contributed by atoms with Crippen LogP contribution in [0.3, 0.4) is 0 Å². The number of hydrogen-bond donors (Lipinski definition) is 1. The first-order chi connectivity index (χ1) is 7.56. The van der Waals surface area contributed by atoms with Crippen LogP contribution in [0.4, 0.5) is 0 Å². The van der Waals surface area contributed by atoms with Gasteiger partial charge in [0.2, 0.25) is 0 Å². The molecule has 2 rings (SSSR count). The smallest absolute Gasteiger partial charge is 0.396 e. The summed E-state index contributed by atoms with van der Waals surface area (Å²) >= 11 is 0.992. The van der Waals surface area contributed by atoms with Crippen LogP contribution < -0.4 is 9.68 Å². The number of ether oxygens (including phenoxy) is 1. The molecular formula is C10H8O5S. The summed E-state index contributed by atoms with van der Waals surface area (Å²) in [6.45, 7) is 1.43. The summed E-state index contributed by atoms with van der Waals surface area (Å²) < 4.78 is 10.7. The molecule has 1 heterocycles. The van der Waals surface area contributed by atoms with E-state index < -0.39 is 17.0 Å². The van der Waals surface area contributed by atoms with Gasteiger partial charge < -0.3 is 14.3 Å². The van der Waals surface area contributed by atoms with Gasteiger partial charge in [-0.05, 0) is 19.1 Å². The molecule has 0 saturated carbocycles. The number of carbonyl (C=O) groups is 1. The Morgan fingerprint density at radius 1 is 1.56 bits per heavy atom. The quantitative estimate of drug-likeness (QED) is 0.883. The molecule has 0 fully saturated rings. The molecule has 1 aromatic carbocycles. The van der Waals surface area contributed by atoms with Crippen molar-refractivity contribution in [2.75, 3.05) is 0 Å². The number of aliphatic carboxylic acids is 1. The number of carboxylic acid groups (broad SMARTS) is 1. The molecule has 5 nitrogen and oxygen atoms in total. The number of hydrogen-bond acceptors (Lipinski definition) is 5. The van der Waals surface area contributed by atoms with Gasteiger partial charge in [-0.15, -0.1) is 0 Å². The first-order valence-corrected chi connectivity index (χ1v) is 5.31. The molecule has 1 N–H and O–H groups in total. The fraction of sp³-hybridized carbons (Fsp3) is 0.200. The van der Waals surface area contributed by atoms with Gasteiger partial charge in [0.05, 0.1) is 4.70 Å². The molecule has 0 radical (unpaired) electrons. The second kappa shape index (κ2) is 3.97. The highest BCUT2D eigenvalue weighted by Gasteiger charge is 2.13. The summed E-state index contributed by atoms with van der Waals surface area (Å²) in [5.74, 6) is -0.684. The summed E-state index contributed by atoms with van der Waals surface area (Å²) in [5.41, 5.74) is 0.407. The molecular weight excluding hydrogens is 232 g/mol. The van der Waals surface area contributed by atoms with E-state index in [1.807, 2.05) is 0 Å². The number of fused-ring (bicyclic) bond motifs is 1. The van der Waals surface area contributed by atoms with Crippen LogP contribution in [0.5, 0.6) is 5.75 Å². The fourth-order valence-corrected chi connectivity index (χ4v) is 1.83. The van der Waals surface area contributed by atoms with Gasteiger partial charge in [-0.1, -0.05) is 11.3 Å². The standard InChI is InChI=1S/C10H8O5S/c1-5(9(11)12)14-6-2-3-8-7(4-6)15-10(13)16-8/h2-5H,1H3,(H,11,12)/t5-/m0/s1. The van der Waals surface area contributed by atoms with E-state index in [2.05, 4.69) is 0 Å². The van der Waals surface area contributed by atoms with Crippen LogP contribution in [0, 0.1) is 0 Å². The maximum Gasteiger partial charge on any atom is 0.396 e. The zero-order chi connectivity index (χ0) is 11.7. The molecule has 0 saturated heterocycles. The van der Waals surface area contributed by atoms with Gasteiger partial charge in [-0.25, -0.2) is 9.59 Å². The first-order valence-electron chi connectivity index (χ1n) is 4.49. The lowest BCUT2D eigenvalue weighted by atomic mass is 10.3. The SMILES string of the molecule is C[C@H](Oc1ccc2sc(=O)oc2c1)C(=O)O. The molecule has 6 heteroatoms. The number of benzene rings is 1. The molecule has 0 unspecified atom stereocenters. The summed E-state index contributed by atoms with van der Waals surface area (Å²) in [6.07, 6.45) is -0.942. The molecule has 1 aromatic heterocycles. The number of rotatable bonds is 3. The second-order valence-corrected chi connectivity index (χ2v) is 4.14.